The molecule has 0 radical (unpaired) electrons. The number of rotatable bonds is 1. The molecule has 102 valence electrons. The molecule has 1 aromatic carbocycles. The minimum absolute atomic E-state index is 0.185. The van der Waals surface area contributed by atoms with Crippen LogP contribution in [0.15, 0.2) is 18.2 Å². The van der Waals surface area contributed by atoms with Crippen molar-refractivity contribution in [3.63, 3.8) is 0 Å². The fourth-order valence-corrected chi connectivity index (χ4v) is 2.89. The average molecular weight is 257 g/mol. The van der Waals surface area contributed by atoms with Crippen LogP contribution in [0.2, 0.25) is 0 Å². The molecule has 2 heterocycles. The summed E-state index contributed by atoms with van der Waals surface area (Å²) in [6.45, 7) is 7.87. The van der Waals surface area contributed by atoms with Gasteiger partial charge in [0, 0.05) is 7.05 Å². The molecule has 1 aliphatic rings. The van der Waals surface area contributed by atoms with Crippen LogP contribution in [-0.2, 0) is 12.5 Å². The van der Waals surface area contributed by atoms with Crippen molar-refractivity contribution in [2.75, 3.05) is 6.54 Å². The maximum Gasteiger partial charge on any atom is 0.126 e. The van der Waals surface area contributed by atoms with Crippen LogP contribution in [0, 0.1) is 0 Å². The van der Waals surface area contributed by atoms with Gasteiger partial charge in [0.05, 0.1) is 17.1 Å². The van der Waals surface area contributed by atoms with Crippen LogP contribution in [0.1, 0.15) is 51.0 Å². The zero-order chi connectivity index (χ0) is 13.6. The Morgan fingerprint density at radius 3 is 2.74 bits per heavy atom. The molecular formula is C16H23N3. The third kappa shape index (κ3) is 2.16. The highest BCUT2D eigenvalue weighted by Crippen LogP contribution is 2.29. The number of nitrogens with one attached hydrogen (secondary N) is 1. The lowest BCUT2D eigenvalue weighted by Gasteiger charge is -2.19. The molecule has 1 unspecified atom stereocenters. The summed E-state index contributed by atoms with van der Waals surface area (Å²) in [7, 11) is 2.14. The Hall–Kier alpha value is -1.35. The molecule has 1 aromatic heterocycles. The summed E-state index contributed by atoms with van der Waals surface area (Å²) in [6.07, 6.45) is 2.45. The Morgan fingerprint density at radius 1 is 1.32 bits per heavy atom. The smallest absolute Gasteiger partial charge is 0.126 e. The lowest BCUT2D eigenvalue weighted by molar-refractivity contribution is 0.582. The van der Waals surface area contributed by atoms with Gasteiger partial charge >= 0.3 is 0 Å². The van der Waals surface area contributed by atoms with Crippen molar-refractivity contribution >= 4 is 11.0 Å². The van der Waals surface area contributed by atoms with Gasteiger partial charge in [-0.3, -0.25) is 0 Å². The minimum atomic E-state index is 0.185. The maximum atomic E-state index is 4.82. The van der Waals surface area contributed by atoms with Gasteiger partial charge in [0.2, 0.25) is 0 Å². The van der Waals surface area contributed by atoms with E-state index in [2.05, 4.69) is 55.9 Å². The van der Waals surface area contributed by atoms with Gasteiger partial charge in [-0.05, 0) is 42.5 Å². The van der Waals surface area contributed by atoms with Crippen molar-refractivity contribution in [3.8, 4) is 0 Å². The van der Waals surface area contributed by atoms with E-state index in [-0.39, 0.29) is 5.41 Å². The second-order valence-corrected chi connectivity index (χ2v) is 6.63. The highest BCUT2D eigenvalue weighted by molar-refractivity contribution is 5.77. The molecule has 0 bridgehead atoms. The van der Waals surface area contributed by atoms with E-state index in [1.807, 2.05) is 0 Å². The molecule has 1 atom stereocenters. The second kappa shape index (κ2) is 4.34. The van der Waals surface area contributed by atoms with Crippen LogP contribution >= 0.6 is 0 Å². The highest BCUT2D eigenvalue weighted by Gasteiger charge is 2.22. The normalized spacial score (nSPS) is 20.3. The number of nitrogens with zero attached hydrogens (tertiary/aromatic N) is 2. The van der Waals surface area contributed by atoms with E-state index in [1.165, 1.54) is 29.7 Å². The Labute approximate surface area is 115 Å². The lowest BCUT2D eigenvalue weighted by Crippen LogP contribution is -2.16. The van der Waals surface area contributed by atoms with Crippen LogP contribution in [0.4, 0.5) is 0 Å². The summed E-state index contributed by atoms with van der Waals surface area (Å²) in [6, 6.07) is 7.09. The summed E-state index contributed by atoms with van der Waals surface area (Å²) < 4.78 is 2.26. The monoisotopic (exact) mass is 257 g/mol. The number of aryl methyl sites for hydroxylation is 1. The van der Waals surface area contributed by atoms with Crippen molar-refractivity contribution in [2.24, 2.45) is 7.05 Å². The summed E-state index contributed by atoms with van der Waals surface area (Å²) in [5.74, 6) is 1.18. The molecule has 0 saturated carbocycles. The standard InChI is InChI=1S/C16H23N3/c1-16(2,3)11-7-8-12-14(10-11)19(4)15(18-12)13-6-5-9-17-13/h7-8,10,13,17H,5-6,9H2,1-4H3. The number of benzene rings is 1. The molecule has 1 aliphatic heterocycles. The average Bonchev–Trinajstić information content (AvgIpc) is 2.96. The first-order chi connectivity index (χ1) is 8.97. The molecule has 1 saturated heterocycles. The molecule has 0 amide bonds. The van der Waals surface area contributed by atoms with E-state index in [0.717, 1.165) is 12.1 Å². The Kier molecular flexibility index (Phi) is 2.90. The van der Waals surface area contributed by atoms with E-state index < -0.39 is 0 Å². The van der Waals surface area contributed by atoms with Crippen LogP contribution in [0.25, 0.3) is 11.0 Å². The van der Waals surface area contributed by atoms with Gasteiger partial charge in [-0.15, -0.1) is 0 Å². The van der Waals surface area contributed by atoms with E-state index in [1.54, 1.807) is 0 Å². The number of imidazole rings is 1. The fraction of sp³-hybridized carbons (Fsp3) is 0.562. The van der Waals surface area contributed by atoms with Gasteiger partial charge in [-0.2, -0.15) is 0 Å². The summed E-state index contributed by atoms with van der Waals surface area (Å²) >= 11 is 0. The van der Waals surface area contributed by atoms with Gasteiger partial charge < -0.3 is 9.88 Å². The van der Waals surface area contributed by atoms with E-state index >= 15 is 0 Å². The van der Waals surface area contributed by atoms with E-state index in [9.17, 15) is 0 Å². The second-order valence-electron chi connectivity index (χ2n) is 6.63. The Morgan fingerprint density at radius 2 is 2.11 bits per heavy atom. The van der Waals surface area contributed by atoms with Crippen molar-refractivity contribution in [1.82, 2.24) is 14.9 Å². The van der Waals surface area contributed by atoms with Crippen molar-refractivity contribution in [1.29, 1.82) is 0 Å². The molecule has 1 fully saturated rings. The van der Waals surface area contributed by atoms with Gasteiger partial charge in [0.15, 0.2) is 0 Å². The fourth-order valence-electron chi connectivity index (χ4n) is 2.89. The quantitative estimate of drug-likeness (QED) is 0.849. The predicted molar refractivity (Wildman–Crippen MR) is 79.4 cm³/mol. The summed E-state index contributed by atoms with van der Waals surface area (Å²) in [4.78, 5) is 4.82. The van der Waals surface area contributed by atoms with Gasteiger partial charge in [0.1, 0.15) is 5.82 Å². The lowest BCUT2D eigenvalue weighted by atomic mass is 9.87. The first-order valence-electron chi connectivity index (χ1n) is 7.17. The van der Waals surface area contributed by atoms with Crippen LogP contribution in [-0.4, -0.2) is 16.1 Å². The number of fused-ring (bicyclic) bond motifs is 1. The van der Waals surface area contributed by atoms with Crippen molar-refractivity contribution in [3.05, 3.63) is 29.6 Å². The first-order valence-corrected chi connectivity index (χ1v) is 7.17. The summed E-state index contributed by atoms with van der Waals surface area (Å²) in [5, 5.41) is 3.54. The Balaban J connectivity index is 2.10. The number of hydrogen-bond donors (Lipinski definition) is 1. The van der Waals surface area contributed by atoms with Crippen molar-refractivity contribution < 1.29 is 0 Å². The topological polar surface area (TPSA) is 29.9 Å². The number of hydrogen-bond acceptors (Lipinski definition) is 2. The zero-order valence-corrected chi connectivity index (χ0v) is 12.3. The molecule has 2 aromatic rings. The summed E-state index contributed by atoms with van der Waals surface area (Å²) in [5.41, 5.74) is 3.91. The number of aromatic nitrogens is 2. The molecule has 3 heteroatoms. The van der Waals surface area contributed by atoms with Gasteiger partial charge in [-0.1, -0.05) is 26.8 Å². The molecular weight excluding hydrogens is 234 g/mol. The van der Waals surface area contributed by atoms with Crippen molar-refractivity contribution in [2.45, 2.75) is 45.1 Å². The third-order valence-corrected chi connectivity index (χ3v) is 4.15. The van der Waals surface area contributed by atoms with E-state index in [4.69, 9.17) is 4.98 Å². The highest BCUT2D eigenvalue weighted by atomic mass is 15.1. The largest absolute Gasteiger partial charge is 0.330 e. The van der Waals surface area contributed by atoms with Crippen LogP contribution in [0.5, 0.6) is 0 Å². The predicted octanol–water partition coefficient (Wildman–Crippen LogP) is 3.30. The third-order valence-electron chi connectivity index (χ3n) is 4.15. The van der Waals surface area contributed by atoms with Gasteiger partial charge in [0.25, 0.3) is 0 Å². The van der Waals surface area contributed by atoms with Gasteiger partial charge in [-0.25, -0.2) is 4.98 Å². The molecule has 1 N–H and O–H groups in total. The molecule has 0 spiro atoms. The molecule has 19 heavy (non-hydrogen) atoms. The van der Waals surface area contributed by atoms with E-state index in [0.29, 0.717) is 6.04 Å². The zero-order valence-electron chi connectivity index (χ0n) is 12.3. The van der Waals surface area contributed by atoms with Crippen LogP contribution < -0.4 is 5.32 Å². The molecule has 3 nitrogen and oxygen atoms in total. The maximum absolute atomic E-state index is 4.82. The van der Waals surface area contributed by atoms with Crippen LogP contribution in [0.3, 0.4) is 0 Å². The minimum Gasteiger partial charge on any atom is -0.330 e. The first kappa shape index (κ1) is 12.7. The molecule has 3 rings (SSSR count). The SMILES string of the molecule is Cn1c(C2CCCN2)nc2ccc(C(C)(C)C)cc21. The molecule has 0 aliphatic carbocycles. The Bertz CT molecular complexity index is 598.